The summed E-state index contributed by atoms with van der Waals surface area (Å²) in [4.78, 5) is 0. The highest BCUT2D eigenvalue weighted by molar-refractivity contribution is 4.97. The summed E-state index contributed by atoms with van der Waals surface area (Å²) in [6.45, 7) is 8.26. The van der Waals surface area contributed by atoms with Crippen LogP contribution in [0, 0.1) is 0 Å². The van der Waals surface area contributed by atoms with Gasteiger partial charge in [-0.3, -0.25) is 0 Å². The molecule has 0 aliphatic carbocycles. The lowest BCUT2D eigenvalue weighted by atomic mass is 10.0. The zero-order valence-corrected chi connectivity index (χ0v) is 15.7. The third-order valence-electron chi connectivity index (χ3n) is 4.76. The maximum absolute atomic E-state index is 3.76. The molecule has 0 nitrogen and oxygen atoms in total. The second kappa shape index (κ2) is 18.6. The fourth-order valence-corrected chi connectivity index (χ4v) is 3.10. The Morgan fingerprint density at radius 2 is 0.955 bits per heavy atom. The molecule has 130 valence electrons. The van der Waals surface area contributed by atoms with Gasteiger partial charge in [-0.1, -0.05) is 110 Å². The normalized spacial score (nSPS) is 10.6. The SMILES string of the molecule is C=C=C(CC)CCCCCCCCCCCCCCCCC. The number of rotatable bonds is 17. The zero-order valence-electron chi connectivity index (χ0n) is 15.7. The van der Waals surface area contributed by atoms with Crippen LogP contribution >= 0.6 is 0 Å². The van der Waals surface area contributed by atoms with Gasteiger partial charge in [0.2, 0.25) is 0 Å². The molecule has 0 fully saturated rings. The molecule has 0 amide bonds. The quantitative estimate of drug-likeness (QED) is 0.187. The molecule has 0 unspecified atom stereocenters. The number of hydrogen-bond donors (Lipinski definition) is 0. The van der Waals surface area contributed by atoms with Crippen LogP contribution in [0.2, 0.25) is 0 Å². The molecule has 0 spiro atoms. The number of unbranched alkanes of at least 4 members (excludes halogenated alkanes) is 14. The van der Waals surface area contributed by atoms with Crippen molar-refractivity contribution in [3.63, 3.8) is 0 Å². The van der Waals surface area contributed by atoms with Gasteiger partial charge < -0.3 is 0 Å². The van der Waals surface area contributed by atoms with E-state index in [2.05, 4.69) is 26.2 Å². The van der Waals surface area contributed by atoms with Crippen molar-refractivity contribution >= 4 is 0 Å². The molecule has 0 rings (SSSR count). The van der Waals surface area contributed by atoms with Crippen molar-refractivity contribution in [2.24, 2.45) is 0 Å². The van der Waals surface area contributed by atoms with Gasteiger partial charge in [0, 0.05) is 0 Å². The van der Waals surface area contributed by atoms with Gasteiger partial charge in [0.25, 0.3) is 0 Å². The van der Waals surface area contributed by atoms with Crippen molar-refractivity contribution in [2.45, 2.75) is 123 Å². The minimum atomic E-state index is 1.13. The van der Waals surface area contributed by atoms with Gasteiger partial charge in [0.05, 0.1) is 0 Å². The van der Waals surface area contributed by atoms with Crippen LogP contribution in [0.15, 0.2) is 17.9 Å². The summed E-state index contributed by atoms with van der Waals surface area (Å²) in [5, 5.41) is 0. The van der Waals surface area contributed by atoms with Crippen molar-refractivity contribution in [1.29, 1.82) is 0 Å². The van der Waals surface area contributed by atoms with E-state index in [1.54, 1.807) is 0 Å². The second-order valence-corrected chi connectivity index (χ2v) is 6.83. The van der Waals surface area contributed by atoms with Gasteiger partial charge in [-0.25, -0.2) is 0 Å². The summed E-state index contributed by atoms with van der Waals surface area (Å²) in [6, 6.07) is 0. The van der Waals surface area contributed by atoms with Gasteiger partial charge >= 0.3 is 0 Å². The topological polar surface area (TPSA) is 0 Å². The molecule has 0 saturated heterocycles. The van der Waals surface area contributed by atoms with Gasteiger partial charge in [-0.15, -0.1) is 5.73 Å². The first kappa shape index (κ1) is 21.5. The summed E-state index contributed by atoms with van der Waals surface area (Å²) >= 11 is 0. The molecule has 0 aromatic rings. The Balaban J connectivity index is 3.07. The molecular weight excluding hydrogens is 264 g/mol. The van der Waals surface area contributed by atoms with E-state index in [9.17, 15) is 0 Å². The average molecular weight is 307 g/mol. The fourth-order valence-electron chi connectivity index (χ4n) is 3.10. The minimum absolute atomic E-state index is 1.13. The lowest BCUT2D eigenvalue weighted by molar-refractivity contribution is 0.532. The Bertz CT molecular complexity index is 257. The standard InChI is InChI=1S/C22H42/c1-4-7-8-9-10-11-12-13-14-15-16-17-18-19-20-21-22(5-2)6-3/h2,4,6-21H2,1,3H3. The maximum atomic E-state index is 3.76. The van der Waals surface area contributed by atoms with Gasteiger partial charge in [0.1, 0.15) is 0 Å². The molecule has 0 heteroatoms. The Labute approximate surface area is 141 Å². The van der Waals surface area contributed by atoms with Crippen molar-refractivity contribution in [2.75, 3.05) is 0 Å². The molecule has 0 bridgehead atoms. The molecule has 0 radical (unpaired) electrons. The van der Waals surface area contributed by atoms with E-state index < -0.39 is 0 Å². The maximum Gasteiger partial charge on any atom is -0.0244 e. The van der Waals surface area contributed by atoms with Crippen molar-refractivity contribution in [3.8, 4) is 0 Å². The lowest BCUT2D eigenvalue weighted by Gasteiger charge is -2.04. The Morgan fingerprint density at radius 3 is 1.27 bits per heavy atom. The largest absolute Gasteiger partial charge is 0.130 e. The van der Waals surface area contributed by atoms with Crippen molar-refractivity contribution < 1.29 is 0 Å². The molecule has 0 aliphatic rings. The summed E-state index contributed by atoms with van der Waals surface area (Å²) in [7, 11) is 0. The van der Waals surface area contributed by atoms with E-state index in [0.29, 0.717) is 0 Å². The van der Waals surface area contributed by atoms with Crippen LogP contribution < -0.4 is 0 Å². The number of hydrogen-bond acceptors (Lipinski definition) is 0. The van der Waals surface area contributed by atoms with E-state index in [1.807, 2.05) is 0 Å². The molecule has 22 heavy (non-hydrogen) atoms. The molecule has 0 N–H and O–H groups in total. The minimum Gasteiger partial charge on any atom is -0.130 e. The first-order chi connectivity index (χ1) is 10.8. The predicted molar refractivity (Wildman–Crippen MR) is 102 cm³/mol. The summed E-state index contributed by atoms with van der Waals surface area (Å²) in [6.07, 6.45) is 23.9. The van der Waals surface area contributed by atoms with Crippen LogP contribution in [0.25, 0.3) is 0 Å². The predicted octanol–water partition coefficient (Wildman–Crippen LogP) is 8.37. The van der Waals surface area contributed by atoms with Gasteiger partial charge in [0.15, 0.2) is 0 Å². The number of allylic oxidation sites excluding steroid dienone is 1. The van der Waals surface area contributed by atoms with E-state index in [4.69, 9.17) is 0 Å². The monoisotopic (exact) mass is 306 g/mol. The summed E-state index contributed by atoms with van der Waals surface area (Å²) in [5.74, 6) is 0. The van der Waals surface area contributed by atoms with Crippen LogP contribution in [0.3, 0.4) is 0 Å². The first-order valence-corrected chi connectivity index (χ1v) is 10.2. The van der Waals surface area contributed by atoms with Crippen molar-refractivity contribution in [1.82, 2.24) is 0 Å². The molecule has 0 atom stereocenters. The highest BCUT2D eigenvalue weighted by Crippen LogP contribution is 2.15. The van der Waals surface area contributed by atoms with Crippen molar-refractivity contribution in [3.05, 3.63) is 17.9 Å². The van der Waals surface area contributed by atoms with E-state index in [-0.39, 0.29) is 0 Å². The molecular formula is C22H42. The third-order valence-corrected chi connectivity index (χ3v) is 4.76. The smallest absolute Gasteiger partial charge is 0.0244 e. The molecule has 0 heterocycles. The van der Waals surface area contributed by atoms with Crippen LogP contribution in [0.4, 0.5) is 0 Å². The van der Waals surface area contributed by atoms with Crippen LogP contribution in [-0.4, -0.2) is 0 Å². The van der Waals surface area contributed by atoms with E-state index >= 15 is 0 Å². The zero-order chi connectivity index (χ0) is 16.3. The summed E-state index contributed by atoms with van der Waals surface area (Å²) < 4.78 is 0. The second-order valence-electron chi connectivity index (χ2n) is 6.83. The van der Waals surface area contributed by atoms with Crippen LogP contribution in [0.5, 0.6) is 0 Å². The van der Waals surface area contributed by atoms with Crippen LogP contribution in [0.1, 0.15) is 123 Å². The first-order valence-electron chi connectivity index (χ1n) is 10.2. The van der Waals surface area contributed by atoms with Gasteiger partial charge in [-0.2, -0.15) is 0 Å². The Morgan fingerprint density at radius 1 is 0.591 bits per heavy atom. The molecule has 0 aromatic carbocycles. The summed E-state index contributed by atoms with van der Waals surface area (Å²) in [5.41, 5.74) is 4.48. The van der Waals surface area contributed by atoms with E-state index in [1.165, 1.54) is 108 Å². The lowest BCUT2D eigenvalue weighted by Crippen LogP contribution is -1.84. The Hall–Kier alpha value is -0.480. The van der Waals surface area contributed by atoms with Crippen LogP contribution in [-0.2, 0) is 0 Å². The highest BCUT2D eigenvalue weighted by atomic mass is 14.0. The van der Waals surface area contributed by atoms with Gasteiger partial charge in [-0.05, 0) is 24.8 Å². The third kappa shape index (κ3) is 15.9. The highest BCUT2D eigenvalue weighted by Gasteiger charge is 1.96. The molecule has 0 aliphatic heterocycles. The molecule has 0 saturated carbocycles. The van der Waals surface area contributed by atoms with E-state index in [0.717, 1.165) is 6.42 Å². The average Bonchev–Trinajstić information content (AvgIpc) is 2.55. The fraction of sp³-hybridized carbons (Fsp3) is 0.864. The Kier molecular flexibility index (Phi) is 18.2. The molecule has 0 aromatic heterocycles.